The Kier molecular flexibility index (Phi) is 5.13. The number of primary amides is 1. The Bertz CT molecular complexity index is 563. The molecule has 0 aliphatic carbocycles. The minimum atomic E-state index is -0.488. The van der Waals surface area contributed by atoms with Crippen molar-refractivity contribution in [3.8, 4) is 0 Å². The van der Waals surface area contributed by atoms with Crippen LogP contribution in [0.2, 0.25) is 0 Å². The molecular weight excluding hydrogens is 288 g/mol. The Hall–Kier alpha value is -2.38. The summed E-state index contributed by atoms with van der Waals surface area (Å²) in [5.41, 5.74) is 6.51. The molecule has 1 aromatic heterocycles. The molecule has 0 radical (unpaired) electrons. The summed E-state index contributed by atoms with van der Waals surface area (Å²) >= 11 is 0. The summed E-state index contributed by atoms with van der Waals surface area (Å²) in [6.07, 6.45) is 5.32. The van der Waals surface area contributed by atoms with Crippen LogP contribution in [0.3, 0.4) is 0 Å². The summed E-state index contributed by atoms with van der Waals surface area (Å²) in [5.74, 6) is -0.226. The first-order valence-electron chi connectivity index (χ1n) is 7.29. The van der Waals surface area contributed by atoms with Gasteiger partial charge in [-0.15, -0.1) is 0 Å². The highest BCUT2D eigenvalue weighted by Crippen LogP contribution is 2.25. The second kappa shape index (κ2) is 7.06. The van der Waals surface area contributed by atoms with Crippen LogP contribution in [0.4, 0.5) is 0 Å². The molecule has 2 aliphatic rings. The third-order valence-electron chi connectivity index (χ3n) is 4.09. The van der Waals surface area contributed by atoms with Crippen LogP contribution in [-0.4, -0.2) is 50.9 Å². The zero-order valence-electron chi connectivity index (χ0n) is 12.3. The van der Waals surface area contributed by atoms with Crippen LogP contribution in [0.1, 0.15) is 35.4 Å². The van der Waals surface area contributed by atoms with E-state index in [0.29, 0.717) is 18.7 Å². The van der Waals surface area contributed by atoms with Crippen molar-refractivity contribution in [3.05, 3.63) is 17.7 Å². The number of carbonyl (C=O) groups is 3. The molecule has 0 spiro atoms. The van der Waals surface area contributed by atoms with Crippen LogP contribution in [0.15, 0.2) is 6.33 Å². The van der Waals surface area contributed by atoms with Gasteiger partial charge in [-0.25, -0.2) is 4.98 Å². The SMILES string of the molecule is NC(=O)c1ncn2c1CCC(C(=O)N1CCCC1)C2.O=CO. The molecule has 120 valence electrons. The number of amides is 2. The van der Waals surface area contributed by atoms with Crippen LogP contribution in [-0.2, 0) is 22.6 Å². The zero-order valence-corrected chi connectivity index (χ0v) is 12.3. The van der Waals surface area contributed by atoms with E-state index in [1.165, 1.54) is 0 Å². The topological polar surface area (TPSA) is 119 Å². The van der Waals surface area contributed by atoms with Crippen molar-refractivity contribution in [2.24, 2.45) is 11.7 Å². The predicted octanol–water partition coefficient (Wildman–Crippen LogP) is -0.132. The standard InChI is InChI=1S/C13H18N4O2.CH2O2/c14-12(18)11-10-4-3-9(7-17(10)8-15-11)13(19)16-5-1-2-6-16;2-1-3/h8-9H,1-7H2,(H2,14,18);1H,(H,2,3). The molecule has 3 heterocycles. The number of imidazole rings is 1. The van der Waals surface area contributed by atoms with E-state index in [2.05, 4.69) is 4.98 Å². The molecule has 2 aliphatic heterocycles. The molecule has 1 atom stereocenters. The van der Waals surface area contributed by atoms with Crippen molar-refractivity contribution in [3.63, 3.8) is 0 Å². The Morgan fingerprint density at radius 2 is 2.00 bits per heavy atom. The molecule has 22 heavy (non-hydrogen) atoms. The van der Waals surface area contributed by atoms with Gasteiger partial charge in [-0.05, 0) is 25.7 Å². The lowest BCUT2D eigenvalue weighted by molar-refractivity contribution is -0.135. The number of carboxylic acid groups (broad SMARTS) is 1. The third kappa shape index (κ3) is 3.26. The van der Waals surface area contributed by atoms with Gasteiger partial charge < -0.3 is 20.3 Å². The van der Waals surface area contributed by atoms with E-state index in [1.54, 1.807) is 6.33 Å². The highest BCUT2D eigenvalue weighted by Gasteiger charge is 2.31. The molecule has 8 nitrogen and oxygen atoms in total. The fraction of sp³-hybridized carbons (Fsp3) is 0.571. The highest BCUT2D eigenvalue weighted by atomic mass is 16.3. The number of nitrogens with zero attached hydrogens (tertiary/aromatic N) is 3. The van der Waals surface area contributed by atoms with Gasteiger partial charge >= 0.3 is 0 Å². The quantitative estimate of drug-likeness (QED) is 0.738. The van der Waals surface area contributed by atoms with Crippen molar-refractivity contribution in [1.82, 2.24) is 14.5 Å². The molecule has 1 aromatic rings. The Labute approximate surface area is 127 Å². The van der Waals surface area contributed by atoms with Gasteiger partial charge in [-0.3, -0.25) is 14.4 Å². The van der Waals surface area contributed by atoms with Crippen LogP contribution >= 0.6 is 0 Å². The summed E-state index contributed by atoms with van der Waals surface area (Å²) in [6.45, 7) is 2.14. The zero-order chi connectivity index (χ0) is 16.1. The Balaban J connectivity index is 0.000000545. The lowest BCUT2D eigenvalue weighted by Crippen LogP contribution is -2.38. The summed E-state index contributed by atoms with van der Waals surface area (Å²) in [7, 11) is 0. The molecule has 1 fully saturated rings. The number of fused-ring (bicyclic) bond motifs is 1. The van der Waals surface area contributed by atoms with Gasteiger partial charge in [0.1, 0.15) is 5.69 Å². The first kappa shape index (κ1) is 16.0. The molecule has 8 heteroatoms. The number of hydrogen-bond acceptors (Lipinski definition) is 4. The third-order valence-corrected chi connectivity index (χ3v) is 4.09. The van der Waals surface area contributed by atoms with E-state index in [-0.39, 0.29) is 18.3 Å². The van der Waals surface area contributed by atoms with Gasteiger partial charge in [-0.2, -0.15) is 0 Å². The predicted molar refractivity (Wildman–Crippen MR) is 77.1 cm³/mol. The second-order valence-electron chi connectivity index (χ2n) is 5.43. The van der Waals surface area contributed by atoms with Crippen molar-refractivity contribution < 1.29 is 19.5 Å². The monoisotopic (exact) mass is 308 g/mol. The fourth-order valence-corrected chi connectivity index (χ4v) is 3.07. The normalized spacial score (nSPS) is 19.8. The summed E-state index contributed by atoms with van der Waals surface area (Å²) < 4.78 is 1.90. The van der Waals surface area contributed by atoms with Gasteiger partial charge in [-0.1, -0.05) is 0 Å². The Morgan fingerprint density at radius 3 is 2.59 bits per heavy atom. The highest BCUT2D eigenvalue weighted by molar-refractivity contribution is 5.92. The van der Waals surface area contributed by atoms with Crippen LogP contribution in [0, 0.1) is 5.92 Å². The van der Waals surface area contributed by atoms with E-state index in [4.69, 9.17) is 15.6 Å². The summed E-state index contributed by atoms with van der Waals surface area (Å²) in [6, 6.07) is 0. The van der Waals surface area contributed by atoms with Crippen LogP contribution in [0.25, 0.3) is 0 Å². The average Bonchev–Trinajstić information content (AvgIpc) is 3.16. The number of carbonyl (C=O) groups excluding carboxylic acids is 2. The lowest BCUT2D eigenvalue weighted by atomic mass is 9.95. The average molecular weight is 308 g/mol. The molecule has 1 unspecified atom stereocenters. The maximum Gasteiger partial charge on any atom is 0.290 e. The molecule has 3 N–H and O–H groups in total. The molecule has 2 amide bonds. The number of nitrogens with two attached hydrogens (primary N) is 1. The number of hydrogen-bond donors (Lipinski definition) is 2. The molecule has 0 aromatic carbocycles. The van der Waals surface area contributed by atoms with Crippen molar-refractivity contribution in [1.29, 1.82) is 0 Å². The first-order chi connectivity index (χ1) is 10.6. The van der Waals surface area contributed by atoms with Crippen molar-refractivity contribution in [2.75, 3.05) is 13.1 Å². The smallest absolute Gasteiger partial charge is 0.290 e. The number of rotatable bonds is 2. The van der Waals surface area contributed by atoms with Gasteiger partial charge in [0.05, 0.1) is 17.9 Å². The molecule has 0 saturated carbocycles. The molecule has 3 rings (SSSR count). The van der Waals surface area contributed by atoms with E-state index in [1.807, 2.05) is 9.47 Å². The fourth-order valence-electron chi connectivity index (χ4n) is 3.07. The van der Waals surface area contributed by atoms with Crippen LogP contribution < -0.4 is 5.73 Å². The first-order valence-corrected chi connectivity index (χ1v) is 7.29. The van der Waals surface area contributed by atoms with E-state index < -0.39 is 5.91 Å². The van der Waals surface area contributed by atoms with Crippen molar-refractivity contribution >= 4 is 18.3 Å². The molecule has 0 bridgehead atoms. The maximum absolute atomic E-state index is 12.4. The largest absolute Gasteiger partial charge is 0.483 e. The minimum absolute atomic E-state index is 0.0144. The minimum Gasteiger partial charge on any atom is -0.483 e. The van der Waals surface area contributed by atoms with E-state index >= 15 is 0 Å². The second-order valence-corrected chi connectivity index (χ2v) is 5.43. The number of aromatic nitrogens is 2. The van der Waals surface area contributed by atoms with E-state index in [0.717, 1.165) is 38.0 Å². The molecular formula is C14H20N4O4. The lowest BCUT2D eigenvalue weighted by Gasteiger charge is -2.27. The summed E-state index contributed by atoms with van der Waals surface area (Å²) in [5, 5.41) is 6.89. The van der Waals surface area contributed by atoms with Gasteiger partial charge in [0.2, 0.25) is 5.91 Å². The van der Waals surface area contributed by atoms with Crippen LogP contribution in [0.5, 0.6) is 0 Å². The Morgan fingerprint density at radius 1 is 1.36 bits per heavy atom. The van der Waals surface area contributed by atoms with E-state index in [9.17, 15) is 9.59 Å². The molecule has 1 saturated heterocycles. The van der Waals surface area contributed by atoms with Gasteiger partial charge in [0.25, 0.3) is 12.4 Å². The number of likely N-dealkylation sites (tertiary alicyclic amines) is 1. The summed E-state index contributed by atoms with van der Waals surface area (Å²) in [4.78, 5) is 38.0. The maximum atomic E-state index is 12.4. The van der Waals surface area contributed by atoms with Crippen molar-refractivity contribution in [2.45, 2.75) is 32.2 Å². The van der Waals surface area contributed by atoms with Gasteiger partial charge in [0, 0.05) is 19.6 Å². The van der Waals surface area contributed by atoms with Gasteiger partial charge in [0.15, 0.2) is 0 Å².